The molecule has 0 spiro atoms. The van der Waals surface area contributed by atoms with E-state index < -0.39 is 11.7 Å². The minimum absolute atomic E-state index is 0.0625. The number of carbonyl (C=O) groups is 3. The molecule has 0 bridgehead atoms. The summed E-state index contributed by atoms with van der Waals surface area (Å²) in [5, 5.41) is 5.51. The lowest BCUT2D eigenvalue weighted by atomic mass is 9.81. The van der Waals surface area contributed by atoms with E-state index in [0.29, 0.717) is 26.2 Å². The van der Waals surface area contributed by atoms with Crippen molar-refractivity contribution in [3.05, 3.63) is 35.4 Å². The standard InChI is InChI=1S/C24H35N3O4/c1-24(2,3)31-23(30)26-14-13-25-21(28)18-10-7-15-27(16-18)22(29)20-12-6-9-17-8-4-5-11-19(17)20/h4-5,8,11,18,20H,6-7,9-10,12-16H2,1-3H3,(H,25,28)(H,26,30). The van der Waals surface area contributed by atoms with Crippen LogP contribution in [-0.4, -0.2) is 54.6 Å². The lowest BCUT2D eigenvalue weighted by molar-refractivity contribution is -0.137. The molecule has 1 aliphatic carbocycles. The van der Waals surface area contributed by atoms with Crippen LogP contribution in [0.2, 0.25) is 0 Å². The fraction of sp³-hybridized carbons (Fsp3) is 0.625. The second-order valence-corrected chi connectivity index (χ2v) is 9.49. The van der Waals surface area contributed by atoms with E-state index in [-0.39, 0.29) is 23.7 Å². The van der Waals surface area contributed by atoms with Gasteiger partial charge in [0.05, 0.1) is 11.8 Å². The Morgan fingerprint density at radius 1 is 1.06 bits per heavy atom. The summed E-state index contributed by atoms with van der Waals surface area (Å²) in [6, 6.07) is 8.22. The van der Waals surface area contributed by atoms with Crippen molar-refractivity contribution in [2.75, 3.05) is 26.2 Å². The summed E-state index contributed by atoms with van der Waals surface area (Å²) in [6.07, 6.45) is 4.03. The number of nitrogens with one attached hydrogen (secondary N) is 2. The highest BCUT2D eigenvalue weighted by atomic mass is 16.6. The van der Waals surface area contributed by atoms with Gasteiger partial charge in [0.2, 0.25) is 11.8 Å². The predicted octanol–water partition coefficient (Wildman–Crippen LogP) is 2.99. The van der Waals surface area contributed by atoms with Crippen LogP contribution in [0.5, 0.6) is 0 Å². The minimum Gasteiger partial charge on any atom is -0.444 e. The van der Waals surface area contributed by atoms with Gasteiger partial charge in [0.1, 0.15) is 5.60 Å². The van der Waals surface area contributed by atoms with Crippen LogP contribution in [0.25, 0.3) is 0 Å². The minimum atomic E-state index is -0.551. The average molecular weight is 430 g/mol. The summed E-state index contributed by atoms with van der Waals surface area (Å²) in [5.74, 6) is -0.216. The topological polar surface area (TPSA) is 87.7 Å². The molecule has 7 nitrogen and oxygen atoms in total. The monoisotopic (exact) mass is 429 g/mol. The zero-order valence-electron chi connectivity index (χ0n) is 18.9. The number of carbonyl (C=O) groups excluding carboxylic acids is 3. The number of likely N-dealkylation sites (tertiary alicyclic amines) is 1. The highest BCUT2D eigenvalue weighted by Gasteiger charge is 2.34. The smallest absolute Gasteiger partial charge is 0.407 e. The van der Waals surface area contributed by atoms with Crippen molar-refractivity contribution in [1.82, 2.24) is 15.5 Å². The van der Waals surface area contributed by atoms with Gasteiger partial charge in [0.15, 0.2) is 0 Å². The van der Waals surface area contributed by atoms with Crippen molar-refractivity contribution >= 4 is 17.9 Å². The molecule has 2 N–H and O–H groups in total. The van der Waals surface area contributed by atoms with Crippen LogP contribution in [0.3, 0.4) is 0 Å². The molecule has 2 atom stereocenters. The third kappa shape index (κ3) is 6.45. The average Bonchev–Trinajstić information content (AvgIpc) is 2.74. The van der Waals surface area contributed by atoms with E-state index >= 15 is 0 Å². The lowest BCUT2D eigenvalue weighted by Crippen LogP contribution is -2.48. The van der Waals surface area contributed by atoms with Crippen molar-refractivity contribution in [1.29, 1.82) is 0 Å². The number of rotatable bonds is 5. The van der Waals surface area contributed by atoms with Crippen molar-refractivity contribution < 1.29 is 19.1 Å². The summed E-state index contributed by atoms with van der Waals surface area (Å²) in [6.45, 7) is 7.21. The molecule has 31 heavy (non-hydrogen) atoms. The Labute approximate surface area is 184 Å². The zero-order chi connectivity index (χ0) is 22.4. The largest absolute Gasteiger partial charge is 0.444 e. The van der Waals surface area contributed by atoms with Gasteiger partial charge in [-0.15, -0.1) is 0 Å². The van der Waals surface area contributed by atoms with Crippen LogP contribution >= 0.6 is 0 Å². The molecule has 0 aromatic heterocycles. The van der Waals surface area contributed by atoms with E-state index in [9.17, 15) is 14.4 Å². The molecule has 0 radical (unpaired) electrons. The molecule has 1 saturated heterocycles. The van der Waals surface area contributed by atoms with E-state index in [4.69, 9.17) is 4.74 Å². The van der Waals surface area contributed by atoms with E-state index in [1.807, 2.05) is 17.0 Å². The first-order valence-electron chi connectivity index (χ1n) is 11.4. The fourth-order valence-electron chi connectivity index (χ4n) is 4.43. The number of piperidine rings is 1. The molecule has 170 valence electrons. The maximum absolute atomic E-state index is 13.3. The molecule has 1 heterocycles. The maximum atomic E-state index is 13.3. The molecule has 1 fully saturated rings. The van der Waals surface area contributed by atoms with Gasteiger partial charge in [-0.25, -0.2) is 4.79 Å². The third-order valence-corrected chi connectivity index (χ3v) is 5.86. The Kier molecular flexibility index (Phi) is 7.57. The highest BCUT2D eigenvalue weighted by Crippen LogP contribution is 2.34. The molecule has 1 aromatic rings. The summed E-state index contributed by atoms with van der Waals surface area (Å²) in [7, 11) is 0. The quantitative estimate of drug-likeness (QED) is 0.705. The Balaban J connectivity index is 1.47. The van der Waals surface area contributed by atoms with Gasteiger partial charge in [-0.3, -0.25) is 9.59 Å². The van der Waals surface area contributed by atoms with Crippen LogP contribution in [0, 0.1) is 5.92 Å². The number of alkyl carbamates (subject to hydrolysis) is 1. The number of benzene rings is 1. The fourth-order valence-corrected chi connectivity index (χ4v) is 4.43. The summed E-state index contributed by atoms with van der Waals surface area (Å²) in [5.41, 5.74) is 1.87. The van der Waals surface area contributed by atoms with E-state index in [1.165, 1.54) is 5.56 Å². The van der Waals surface area contributed by atoms with Crippen molar-refractivity contribution in [2.24, 2.45) is 5.92 Å². The number of ether oxygens (including phenoxy) is 1. The summed E-state index contributed by atoms with van der Waals surface area (Å²) in [4.78, 5) is 39.4. The first kappa shape index (κ1) is 23.1. The molecule has 3 rings (SSSR count). The van der Waals surface area contributed by atoms with Crippen LogP contribution in [-0.2, 0) is 20.7 Å². The van der Waals surface area contributed by atoms with Gasteiger partial charge in [0, 0.05) is 26.2 Å². The molecule has 1 aromatic carbocycles. The second kappa shape index (κ2) is 10.2. The zero-order valence-corrected chi connectivity index (χ0v) is 18.9. The van der Waals surface area contributed by atoms with Crippen molar-refractivity contribution in [3.8, 4) is 0 Å². The van der Waals surface area contributed by atoms with E-state index in [1.54, 1.807) is 20.8 Å². The van der Waals surface area contributed by atoms with Gasteiger partial charge in [-0.05, 0) is 64.0 Å². The SMILES string of the molecule is CC(C)(C)OC(=O)NCCNC(=O)C1CCCN(C(=O)C2CCCc3ccccc32)C1. The van der Waals surface area contributed by atoms with Gasteiger partial charge in [-0.1, -0.05) is 24.3 Å². The van der Waals surface area contributed by atoms with Crippen LogP contribution in [0.15, 0.2) is 24.3 Å². The molecule has 2 unspecified atom stereocenters. The van der Waals surface area contributed by atoms with Gasteiger partial charge in [0.25, 0.3) is 0 Å². The van der Waals surface area contributed by atoms with Crippen molar-refractivity contribution in [3.63, 3.8) is 0 Å². The first-order valence-corrected chi connectivity index (χ1v) is 11.4. The normalized spacial score (nSPS) is 21.1. The molecule has 1 aliphatic heterocycles. The Morgan fingerprint density at radius 2 is 1.81 bits per heavy atom. The number of hydrogen-bond acceptors (Lipinski definition) is 4. The van der Waals surface area contributed by atoms with Gasteiger partial charge >= 0.3 is 6.09 Å². The van der Waals surface area contributed by atoms with Crippen molar-refractivity contribution in [2.45, 2.75) is 64.4 Å². The van der Waals surface area contributed by atoms with E-state index in [2.05, 4.69) is 22.8 Å². The molecular formula is C24H35N3O4. The molecule has 2 aliphatic rings. The molecule has 3 amide bonds. The van der Waals surface area contributed by atoms with Crippen LogP contribution < -0.4 is 10.6 Å². The predicted molar refractivity (Wildman–Crippen MR) is 119 cm³/mol. The lowest BCUT2D eigenvalue weighted by Gasteiger charge is -2.36. The number of hydrogen-bond donors (Lipinski definition) is 2. The molecule has 0 saturated carbocycles. The molecule has 7 heteroatoms. The highest BCUT2D eigenvalue weighted by molar-refractivity contribution is 5.86. The third-order valence-electron chi connectivity index (χ3n) is 5.86. The summed E-state index contributed by atoms with van der Waals surface area (Å²) < 4.78 is 5.18. The first-order chi connectivity index (χ1) is 14.7. The number of nitrogens with zero attached hydrogens (tertiary/aromatic N) is 1. The summed E-state index contributed by atoms with van der Waals surface area (Å²) >= 11 is 0. The number of fused-ring (bicyclic) bond motifs is 1. The second-order valence-electron chi connectivity index (χ2n) is 9.49. The number of amides is 3. The van der Waals surface area contributed by atoms with Gasteiger partial charge in [-0.2, -0.15) is 0 Å². The number of aryl methyl sites for hydroxylation is 1. The Morgan fingerprint density at radius 3 is 2.58 bits per heavy atom. The Bertz CT molecular complexity index is 802. The van der Waals surface area contributed by atoms with E-state index in [0.717, 1.165) is 37.7 Å². The van der Waals surface area contributed by atoms with Crippen LogP contribution in [0.1, 0.15) is 63.5 Å². The Hall–Kier alpha value is -2.57. The molecular weight excluding hydrogens is 394 g/mol. The maximum Gasteiger partial charge on any atom is 0.407 e. The van der Waals surface area contributed by atoms with Crippen LogP contribution in [0.4, 0.5) is 4.79 Å². The van der Waals surface area contributed by atoms with Gasteiger partial charge < -0.3 is 20.3 Å².